The third-order valence-corrected chi connectivity index (χ3v) is 3.04. The van der Waals surface area contributed by atoms with E-state index in [2.05, 4.69) is 5.32 Å². The molecule has 1 aromatic rings. The standard InChI is InChI=1S/C14H15FN2O4/c1-9(13(19)17-7-6-16-14(17)20)21-12(18)8-10-2-4-11(15)5-3-10/h2-5,9H,6-8H2,1H3,(H,16,20). The molecule has 1 unspecified atom stereocenters. The van der Waals surface area contributed by atoms with Crippen molar-refractivity contribution in [2.75, 3.05) is 13.1 Å². The molecule has 1 aliphatic heterocycles. The van der Waals surface area contributed by atoms with E-state index in [0.717, 1.165) is 4.90 Å². The molecule has 1 saturated heterocycles. The van der Waals surface area contributed by atoms with E-state index in [-0.39, 0.29) is 13.0 Å². The first-order valence-corrected chi connectivity index (χ1v) is 6.50. The van der Waals surface area contributed by atoms with Gasteiger partial charge < -0.3 is 10.1 Å². The minimum Gasteiger partial charge on any atom is -0.452 e. The number of amides is 3. The molecule has 0 radical (unpaired) electrons. The van der Waals surface area contributed by atoms with Crippen molar-refractivity contribution in [3.05, 3.63) is 35.6 Å². The molecule has 1 aromatic carbocycles. The largest absolute Gasteiger partial charge is 0.452 e. The Morgan fingerprint density at radius 1 is 1.38 bits per heavy atom. The lowest BCUT2D eigenvalue weighted by atomic mass is 10.1. The van der Waals surface area contributed by atoms with E-state index in [1.165, 1.54) is 31.2 Å². The number of imide groups is 1. The highest BCUT2D eigenvalue weighted by atomic mass is 19.1. The zero-order valence-electron chi connectivity index (χ0n) is 11.5. The lowest BCUT2D eigenvalue weighted by molar-refractivity contribution is -0.156. The highest BCUT2D eigenvalue weighted by Crippen LogP contribution is 2.08. The number of benzene rings is 1. The molecule has 1 N–H and O–H groups in total. The molecule has 1 fully saturated rings. The predicted molar refractivity (Wildman–Crippen MR) is 70.8 cm³/mol. The van der Waals surface area contributed by atoms with E-state index in [1.54, 1.807) is 0 Å². The van der Waals surface area contributed by atoms with Gasteiger partial charge in [0.25, 0.3) is 5.91 Å². The molecule has 7 heteroatoms. The number of carbonyl (C=O) groups is 3. The lowest BCUT2D eigenvalue weighted by Crippen LogP contribution is -2.42. The third kappa shape index (κ3) is 3.77. The maximum atomic E-state index is 12.7. The van der Waals surface area contributed by atoms with Gasteiger partial charge in [0, 0.05) is 13.1 Å². The molecule has 1 atom stereocenters. The van der Waals surface area contributed by atoms with Crippen molar-refractivity contribution in [3.8, 4) is 0 Å². The summed E-state index contributed by atoms with van der Waals surface area (Å²) in [4.78, 5) is 36.0. The summed E-state index contributed by atoms with van der Waals surface area (Å²) in [6.07, 6.45) is -1.11. The zero-order chi connectivity index (χ0) is 15.4. The summed E-state index contributed by atoms with van der Waals surface area (Å²) in [5.74, 6) is -1.56. The normalized spacial score (nSPS) is 15.5. The van der Waals surface area contributed by atoms with Crippen molar-refractivity contribution in [1.29, 1.82) is 0 Å². The van der Waals surface area contributed by atoms with E-state index in [0.29, 0.717) is 12.1 Å². The van der Waals surface area contributed by atoms with Crippen LogP contribution >= 0.6 is 0 Å². The molecular formula is C14H15FN2O4. The van der Waals surface area contributed by atoms with E-state index in [9.17, 15) is 18.8 Å². The fraction of sp³-hybridized carbons (Fsp3) is 0.357. The second-order valence-corrected chi connectivity index (χ2v) is 4.66. The minimum absolute atomic E-state index is 0.0654. The first-order valence-electron chi connectivity index (χ1n) is 6.50. The number of hydrogen-bond donors (Lipinski definition) is 1. The van der Waals surface area contributed by atoms with Gasteiger partial charge >= 0.3 is 12.0 Å². The van der Waals surface area contributed by atoms with Crippen molar-refractivity contribution in [2.24, 2.45) is 0 Å². The van der Waals surface area contributed by atoms with Crippen LogP contribution in [0.4, 0.5) is 9.18 Å². The van der Waals surface area contributed by atoms with Crippen molar-refractivity contribution in [3.63, 3.8) is 0 Å². The SMILES string of the molecule is CC(OC(=O)Cc1ccc(F)cc1)C(=O)N1CCNC1=O. The van der Waals surface area contributed by atoms with Crippen LogP contribution in [0.15, 0.2) is 24.3 Å². The summed E-state index contributed by atoms with van der Waals surface area (Å²) < 4.78 is 17.7. The number of rotatable bonds is 4. The Bertz CT molecular complexity index is 559. The monoisotopic (exact) mass is 294 g/mol. The van der Waals surface area contributed by atoms with Crippen LogP contribution in [0, 0.1) is 5.82 Å². The molecule has 0 aromatic heterocycles. The number of urea groups is 1. The fourth-order valence-electron chi connectivity index (χ4n) is 1.96. The van der Waals surface area contributed by atoms with Gasteiger partial charge in [-0.15, -0.1) is 0 Å². The van der Waals surface area contributed by atoms with Crippen LogP contribution in [0.5, 0.6) is 0 Å². The van der Waals surface area contributed by atoms with E-state index in [4.69, 9.17) is 4.74 Å². The third-order valence-electron chi connectivity index (χ3n) is 3.04. The number of carbonyl (C=O) groups excluding carboxylic acids is 3. The topological polar surface area (TPSA) is 75.7 Å². The quantitative estimate of drug-likeness (QED) is 0.835. The van der Waals surface area contributed by atoms with Gasteiger partial charge in [-0.1, -0.05) is 12.1 Å². The summed E-state index contributed by atoms with van der Waals surface area (Å²) in [6.45, 7) is 2.06. The van der Waals surface area contributed by atoms with Gasteiger partial charge in [0.15, 0.2) is 6.10 Å². The molecule has 112 valence electrons. The predicted octanol–water partition coefficient (Wildman–Crippen LogP) is 0.852. The minimum atomic E-state index is -1.04. The molecule has 3 amide bonds. The first-order chi connectivity index (χ1) is 9.97. The van der Waals surface area contributed by atoms with Crippen LogP contribution in [0.3, 0.4) is 0 Å². The van der Waals surface area contributed by atoms with Crippen LogP contribution in [0.25, 0.3) is 0 Å². The van der Waals surface area contributed by atoms with Crippen LogP contribution in [-0.2, 0) is 20.7 Å². The number of nitrogens with one attached hydrogen (secondary N) is 1. The second-order valence-electron chi connectivity index (χ2n) is 4.66. The van der Waals surface area contributed by atoms with E-state index >= 15 is 0 Å². The Hall–Kier alpha value is -2.44. The van der Waals surface area contributed by atoms with Crippen LogP contribution in [0.1, 0.15) is 12.5 Å². The van der Waals surface area contributed by atoms with Crippen molar-refractivity contribution < 1.29 is 23.5 Å². The Balaban J connectivity index is 1.88. The molecule has 0 aliphatic carbocycles. The Kier molecular flexibility index (Phi) is 4.52. The average Bonchev–Trinajstić information content (AvgIpc) is 2.86. The molecule has 2 rings (SSSR count). The molecule has 21 heavy (non-hydrogen) atoms. The van der Waals surface area contributed by atoms with Gasteiger partial charge in [0.05, 0.1) is 6.42 Å². The summed E-state index contributed by atoms with van der Waals surface area (Å²) in [6, 6.07) is 4.94. The smallest absolute Gasteiger partial charge is 0.324 e. The van der Waals surface area contributed by atoms with Crippen molar-refractivity contribution >= 4 is 17.9 Å². The average molecular weight is 294 g/mol. The molecule has 1 heterocycles. The van der Waals surface area contributed by atoms with E-state index in [1.807, 2.05) is 0 Å². The Morgan fingerprint density at radius 3 is 2.62 bits per heavy atom. The highest BCUT2D eigenvalue weighted by molar-refractivity contribution is 5.98. The van der Waals surface area contributed by atoms with Gasteiger partial charge in [-0.25, -0.2) is 9.18 Å². The van der Waals surface area contributed by atoms with Gasteiger partial charge in [-0.3, -0.25) is 14.5 Å². The summed E-state index contributed by atoms with van der Waals surface area (Å²) in [7, 11) is 0. The molecule has 0 spiro atoms. The lowest BCUT2D eigenvalue weighted by Gasteiger charge is -2.18. The summed E-state index contributed by atoms with van der Waals surface area (Å²) in [5, 5.41) is 2.49. The number of nitrogens with zero attached hydrogens (tertiary/aromatic N) is 1. The molecule has 1 aliphatic rings. The van der Waals surface area contributed by atoms with Gasteiger partial charge in [-0.05, 0) is 24.6 Å². The molecular weight excluding hydrogens is 279 g/mol. The fourth-order valence-corrected chi connectivity index (χ4v) is 1.96. The van der Waals surface area contributed by atoms with Gasteiger partial charge in [0.2, 0.25) is 0 Å². The second kappa shape index (κ2) is 6.34. The maximum absolute atomic E-state index is 12.7. The number of ether oxygens (including phenoxy) is 1. The highest BCUT2D eigenvalue weighted by Gasteiger charge is 2.31. The Labute approximate surface area is 120 Å². The van der Waals surface area contributed by atoms with Gasteiger partial charge in [0.1, 0.15) is 5.82 Å². The van der Waals surface area contributed by atoms with Crippen molar-refractivity contribution in [1.82, 2.24) is 10.2 Å². The number of hydrogen-bond acceptors (Lipinski definition) is 4. The Morgan fingerprint density at radius 2 is 2.05 bits per heavy atom. The van der Waals surface area contributed by atoms with Crippen LogP contribution in [0.2, 0.25) is 0 Å². The first kappa shape index (κ1) is 15.0. The molecule has 6 nitrogen and oxygen atoms in total. The van der Waals surface area contributed by atoms with Gasteiger partial charge in [-0.2, -0.15) is 0 Å². The number of esters is 1. The maximum Gasteiger partial charge on any atom is 0.324 e. The van der Waals surface area contributed by atoms with E-state index < -0.39 is 29.8 Å². The zero-order valence-corrected chi connectivity index (χ0v) is 11.5. The molecule has 0 saturated carbocycles. The van der Waals surface area contributed by atoms with Crippen LogP contribution < -0.4 is 5.32 Å². The summed E-state index contributed by atoms with van der Waals surface area (Å²) >= 11 is 0. The van der Waals surface area contributed by atoms with Crippen LogP contribution in [-0.4, -0.2) is 42.0 Å². The summed E-state index contributed by atoms with van der Waals surface area (Å²) in [5.41, 5.74) is 0.583. The van der Waals surface area contributed by atoms with Crippen molar-refractivity contribution in [2.45, 2.75) is 19.4 Å². The number of halogens is 1. The molecule has 0 bridgehead atoms.